The minimum Gasteiger partial charge on any atom is -0.340 e. The van der Waals surface area contributed by atoms with Crippen molar-refractivity contribution in [3.05, 3.63) is 0 Å². The first-order valence-corrected chi connectivity index (χ1v) is 7.04. The number of amides is 2. The predicted molar refractivity (Wildman–Crippen MR) is 65.8 cm³/mol. The summed E-state index contributed by atoms with van der Waals surface area (Å²) >= 11 is 1.34. The molecule has 0 spiro atoms. The van der Waals surface area contributed by atoms with Gasteiger partial charge in [0.1, 0.15) is 5.78 Å². The number of thioether (sulfide) groups is 1. The molecule has 2 heterocycles. The lowest BCUT2D eigenvalue weighted by atomic mass is 10.2. The smallest absolute Gasteiger partial charge is 0.257 e. The average molecular weight is 272 g/mol. The van der Waals surface area contributed by atoms with E-state index in [1.54, 1.807) is 4.90 Å². The second-order valence-corrected chi connectivity index (χ2v) is 5.53. The van der Waals surface area contributed by atoms with E-state index in [1.165, 1.54) is 11.8 Å². The fourth-order valence-electron chi connectivity index (χ4n) is 1.97. The van der Waals surface area contributed by atoms with Crippen molar-refractivity contribution in [3.8, 4) is 0 Å². The summed E-state index contributed by atoms with van der Waals surface area (Å²) in [5, 5.41) is -0.328. The summed E-state index contributed by atoms with van der Waals surface area (Å²) in [5.41, 5.74) is 2.33. The van der Waals surface area contributed by atoms with Crippen LogP contribution in [0.25, 0.3) is 0 Å². The molecule has 7 heteroatoms. The van der Waals surface area contributed by atoms with Gasteiger partial charge in [0.25, 0.3) is 5.91 Å². The number of hydroxylamine groups is 1. The van der Waals surface area contributed by atoms with Crippen molar-refractivity contribution in [3.63, 3.8) is 0 Å². The first-order valence-electron chi connectivity index (χ1n) is 5.99. The van der Waals surface area contributed by atoms with Crippen molar-refractivity contribution < 1.29 is 19.2 Å². The van der Waals surface area contributed by atoms with Gasteiger partial charge in [-0.2, -0.15) is 0 Å². The van der Waals surface area contributed by atoms with Gasteiger partial charge < -0.3 is 4.90 Å². The van der Waals surface area contributed by atoms with E-state index in [-0.39, 0.29) is 35.9 Å². The van der Waals surface area contributed by atoms with Crippen LogP contribution in [0.2, 0.25) is 0 Å². The van der Waals surface area contributed by atoms with Crippen molar-refractivity contribution in [2.75, 3.05) is 25.4 Å². The Bertz CT molecular complexity index is 361. The van der Waals surface area contributed by atoms with Gasteiger partial charge in [0.2, 0.25) is 5.91 Å². The van der Waals surface area contributed by atoms with Crippen LogP contribution in [-0.4, -0.2) is 53.2 Å². The van der Waals surface area contributed by atoms with Crippen LogP contribution in [0, 0.1) is 0 Å². The van der Waals surface area contributed by atoms with Crippen LogP contribution in [-0.2, 0) is 19.2 Å². The Kier molecular flexibility index (Phi) is 4.60. The molecule has 18 heavy (non-hydrogen) atoms. The van der Waals surface area contributed by atoms with E-state index in [0.29, 0.717) is 18.7 Å². The number of rotatable bonds is 5. The number of hydrogen-bond acceptors (Lipinski definition) is 5. The maximum atomic E-state index is 11.6. The molecule has 0 aromatic rings. The molecule has 2 saturated heterocycles. The van der Waals surface area contributed by atoms with Crippen molar-refractivity contribution >= 4 is 29.4 Å². The zero-order chi connectivity index (χ0) is 13.0. The Balaban J connectivity index is 1.59. The molecule has 1 N–H and O–H groups in total. The molecule has 2 rings (SSSR count). The summed E-state index contributed by atoms with van der Waals surface area (Å²) in [7, 11) is 0. The number of likely N-dealkylation sites (tertiary alicyclic amines) is 1. The minimum atomic E-state index is -0.328. The first-order chi connectivity index (χ1) is 8.66. The van der Waals surface area contributed by atoms with Gasteiger partial charge in [-0.3, -0.25) is 19.2 Å². The van der Waals surface area contributed by atoms with Crippen LogP contribution in [0.5, 0.6) is 0 Å². The van der Waals surface area contributed by atoms with Gasteiger partial charge in [-0.1, -0.05) is 0 Å². The van der Waals surface area contributed by atoms with Gasteiger partial charge in [0, 0.05) is 25.9 Å². The minimum absolute atomic E-state index is 0.0998. The zero-order valence-electron chi connectivity index (χ0n) is 10.0. The number of hydrogen-bond donors (Lipinski definition) is 1. The van der Waals surface area contributed by atoms with Crippen molar-refractivity contribution in [2.24, 2.45) is 0 Å². The number of carbonyl (C=O) groups excluding carboxylic acids is 3. The molecule has 0 aliphatic carbocycles. The number of nitrogens with zero attached hydrogens (tertiary/aromatic N) is 1. The first kappa shape index (κ1) is 13.4. The van der Waals surface area contributed by atoms with Gasteiger partial charge in [-0.05, 0) is 6.42 Å². The van der Waals surface area contributed by atoms with Crippen LogP contribution < -0.4 is 5.48 Å². The number of Topliss-reactive ketones (excluding diaryl/α,β-unsaturated/α-hetero) is 1. The van der Waals surface area contributed by atoms with Crippen LogP contribution in [0.3, 0.4) is 0 Å². The van der Waals surface area contributed by atoms with E-state index in [0.717, 1.165) is 13.0 Å². The van der Waals surface area contributed by atoms with Gasteiger partial charge in [0.05, 0.1) is 17.6 Å². The molecule has 0 bridgehead atoms. The van der Waals surface area contributed by atoms with Gasteiger partial charge in [-0.15, -0.1) is 11.8 Å². The van der Waals surface area contributed by atoms with E-state index in [4.69, 9.17) is 4.84 Å². The molecular formula is C11H16N2O4S. The molecule has 100 valence electrons. The molecule has 2 fully saturated rings. The molecule has 6 nitrogen and oxygen atoms in total. The molecule has 1 unspecified atom stereocenters. The molecule has 2 aliphatic rings. The Morgan fingerprint density at radius 2 is 2.33 bits per heavy atom. The fourth-order valence-corrected chi connectivity index (χ4v) is 2.98. The topological polar surface area (TPSA) is 75.7 Å². The molecule has 0 saturated carbocycles. The third-order valence-corrected chi connectivity index (χ3v) is 4.23. The van der Waals surface area contributed by atoms with Crippen LogP contribution in [0.1, 0.15) is 19.3 Å². The lowest BCUT2D eigenvalue weighted by molar-refractivity contribution is -0.135. The highest BCUT2D eigenvalue weighted by Crippen LogP contribution is 2.23. The highest BCUT2D eigenvalue weighted by atomic mass is 32.2. The van der Waals surface area contributed by atoms with E-state index >= 15 is 0 Å². The van der Waals surface area contributed by atoms with Crippen LogP contribution in [0.15, 0.2) is 0 Å². The summed E-state index contributed by atoms with van der Waals surface area (Å²) in [6.07, 6.45) is 1.78. The van der Waals surface area contributed by atoms with Crippen molar-refractivity contribution in [1.82, 2.24) is 10.4 Å². The summed E-state index contributed by atoms with van der Waals surface area (Å²) in [5.74, 6) is 0.378. The van der Waals surface area contributed by atoms with Gasteiger partial charge >= 0.3 is 0 Å². The number of carbonyl (C=O) groups is 3. The maximum Gasteiger partial charge on any atom is 0.257 e. The number of nitrogens with one attached hydrogen (secondary N) is 1. The molecule has 0 aromatic heterocycles. The lowest BCUT2D eigenvalue weighted by Crippen LogP contribution is -2.35. The quantitative estimate of drug-likeness (QED) is 0.551. The van der Waals surface area contributed by atoms with Crippen molar-refractivity contribution in [2.45, 2.75) is 24.5 Å². The Labute approximate surface area is 109 Å². The van der Waals surface area contributed by atoms with Crippen molar-refractivity contribution in [1.29, 1.82) is 0 Å². The summed E-state index contributed by atoms with van der Waals surface area (Å²) in [6, 6.07) is 0. The zero-order valence-corrected chi connectivity index (χ0v) is 10.8. The Hall–Kier alpha value is -1.08. The predicted octanol–water partition coefficient (Wildman–Crippen LogP) is -0.269. The third-order valence-electron chi connectivity index (χ3n) is 2.96. The monoisotopic (exact) mass is 272 g/mol. The molecular weight excluding hydrogens is 256 g/mol. The molecule has 0 radical (unpaired) electrons. The fraction of sp³-hybridized carbons (Fsp3) is 0.727. The van der Waals surface area contributed by atoms with Crippen LogP contribution in [0.4, 0.5) is 0 Å². The second-order valence-electron chi connectivity index (χ2n) is 4.34. The van der Waals surface area contributed by atoms with E-state index in [9.17, 15) is 14.4 Å². The maximum absolute atomic E-state index is 11.6. The molecule has 2 aliphatic heterocycles. The molecule has 1 atom stereocenters. The molecule has 2 amide bonds. The van der Waals surface area contributed by atoms with E-state index in [1.807, 2.05) is 0 Å². The SMILES string of the molecule is O=C1CSC(C(=O)NOCCN2CCCC2=O)C1. The van der Waals surface area contributed by atoms with Crippen LogP contribution >= 0.6 is 11.8 Å². The normalized spacial score (nSPS) is 23.8. The number of ketones is 1. The van der Waals surface area contributed by atoms with Gasteiger partial charge in [0.15, 0.2) is 0 Å². The lowest BCUT2D eigenvalue weighted by Gasteiger charge is -2.15. The van der Waals surface area contributed by atoms with E-state index < -0.39 is 0 Å². The Morgan fingerprint density at radius 1 is 1.50 bits per heavy atom. The Morgan fingerprint density at radius 3 is 2.94 bits per heavy atom. The average Bonchev–Trinajstić information content (AvgIpc) is 2.94. The third kappa shape index (κ3) is 3.46. The summed E-state index contributed by atoms with van der Waals surface area (Å²) in [6.45, 7) is 1.54. The second kappa shape index (κ2) is 6.19. The highest BCUT2D eigenvalue weighted by molar-refractivity contribution is 8.01. The summed E-state index contributed by atoms with van der Waals surface area (Å²) < 4.78 is 0. The highest BCUT2D eigenvalue weighted by Gasteiger charge is 2.29. The molecule has 0 aromatic carbocycles. The largest absolute Gasteiger partial charge is 0.340 e. The van der Waals surface area contributed by atoms with Gasteiger partial charge in [-0.25, -0.2) is 5.48 Å². The summed E-state index contributed by atoms with van der Waals surface area (Å²) in [4.78, 5) is 40.6. The van der Waals surface area contributed by atoms with E-state index in [2.05, 4.69) is 5.48 Å². The standard InChI is InChI=1S/C11H16N2O4S/c14-8-6-9(18-7-8)11(16)12-17-5-4-13-3-1-2-10(13)15/h9H,1-7H2,(H,12,16).